The zero-order valence-electron chi connectivity index (χ0n) is 22.6. The molecule has 0 saturated heterocycles. The Balaban J connectivity index is 2.12. The SMILES string of the molecule is Cc1ccc(-c2c(COc3n[nH]cc3C(=O)O)c(C)nc(CC(C)C)c2CNC(=O)OC(C)(C)C)cc1. The van der Waals surface area contributed by atoms with Gasteiger partial charge in [-0.05, 0) is 58.1 Å². The summed E-state index contributed by atoms with van der Waals surface area (Å²) in [5, 5.41) is 18.8. The van der Waals surface area contributed by atoms with E-state index in [1.165, 1.54) is 6.20 Å². The van der Waals surface area contributed by atoms with Crippen molar-refractivity contribution in [2.45, 2.75) is 73.6 Å². The molecule has 0 aliphatic heterocycles. The van der Waals surface area contributed by atoms with Crippen molar-refractivity contribution in [2.75, 3.05) is 0 Å². The van der Waals surface area contributed by atoms with Gasteiger partial charge < -0.3 is 19.9 Å². The number of alkyl carbamates (subject to hydrolysis) is 1. The van der Waals surface area contributed by atoms with Crippen molar-refractivity contribution in [2.24, 2.45) is 5.92 Å². The zero-order valence-corrected chi connectivity index (χ0v) is 22.6. The summed E-state index contributed by atoms with van der Waals surface area (Å²) in [6.45, 7) is 13.9. The molecule has 1 amide bonds. The van der Waals surface area contributed by atoms with Gasteiger partial charge in [0.2, 0.25) is 5.88 Å². The minimum absolute atomic E-state index is 0.00134. The summed E-state index contributed by atoms with van der Waals surface area (Å²) >= 11 is 0. The summed E-state index contributed by atoms with van der Waals surface area (Å²) in [5.41, 5.74) is 5.59. The number of aryl methyl sites for hydroxylation is 2. The van der Waals surface area contributed by atoms with Crippen molar-refractivity contribution in [3.8, 4) is 17.0 Å². The first-order chi connectivity index (χ1) is 17.4. The molecule has 3 N–H and O–H groups in total. The third-order valence-corrected chi connectivity index (χ3v) is 5.63. The number of carbonyl (C=O) groups is 2. The maximum absolute atomic E-state index is 12.5. The van der Waals surface area contributed by atoms with Gasteiger partial charge in [-0.15, -0.1) is 5.10 Å². The number of carboxylic acid groups (broad SMARTS) is 1. The number of carboxylic acids is 1. The second kappa shape index (κ2) is 11.5. The Morgan fingerprint density at radius 3 is 2.38 bits per heavy atom. The van der Waals surface area contributed by atoms with Crippen LogP contribution in [0, 0.1) is 19.8 Å². The smallest absolute Gasteiger partial charge is 0.407 e. The molecule has 3 rings (SSSR count). The molecule has 37 heavy (non-hydrogen) atoms. The largest absolute Gasteiger partial charge is 0.477 e. The van der Waals surface area contributed by atoms with E-state index in [1.807, 2.05) is 58.9 Å². The van der Waals surface area contributed by atoms with Crippen LogP contribution in [0.4, 0.5) is 4.79 Å². The van der Waals surface area contributed by atoms with Crippen molar-refractivity contribution >= 4 is 12.1 Å². The number of amides is 1. The first-order valence-electron chi connectivity index (χ1n) is 12.3. The van der Waals surface area contributed by atoms with E-state index in [0.717, 1.165) is 39.2 Å². The predicted molar refractivity (Wildman–Crippen MR) is 141 cm³/mol. The standard InChI is InChI=1S/C28H36N4O5/c1-16(2)12-23-20(13-29-27(35)37-28(5,6)7)24(19-10-8-17(3)9-11-19)22(18(4)31-23)15-36-25-21(26(33)34)14-30-32-25/h8-11,14,16H,12-13,15H2,1-7H3,(H,29,35)(H,30,32)(H,33,34). The molecule has 2 aromatic heterocycles. The lowest BCUT2D eigenvalue weighted by molar-refractivity contribution is 0.0523. The lowest BCUT2D eigenvalue weighted by atomic mass is 9.90. The highest BCUT2D eigenvalue weighted by Crippen LogP contribution is 2.34. The first-order valence-corrected chi connectivity index (χ1v) is 12.3. The molecule has 9 nitrogen and oxygen atoms in total. The number of aromatic carboxylic acids is 1. The van der Waals surface area contributed by atoms with Crippen molar-refractivity contribution in [3.63, 3.8) is 0 Å². The van der Waals surface area contributed by atoms with Crippen LogP contribution in [-0.2, 0) is 24.3 Å². The van der Waals surface area contributed by atoms with Crippen LogP contribution in [0.15, 0.2) is 30.5 Å². The third-order valence-electron chi connectivity index (χ3n) is 5.63. The van der Waals surface area contributed by atoms with Gasteiger partial charge in [-0.1, -0.05) is 43.7 Å². The average Bonchev–Trinajstić information content (AvgIpc) is 3.25. The van der Waals surface area contributed by atoms with Gasteiger partial charge in [-0.25, -0.2) is 9.59 Å². The Bertz CT molecular complexity index is 1260. The third kappa shape index (κ3) is 7.31. The van der Waals surface area contributed by atoms with Crippen LogP contribution in [0.25, 0.3) is 11.1 Å². The molecule has 9 heteroatoms. The van der Waals surface area contributed by atoms with Crippen LogP contribution < -0.4 is 10.1 Å². The van der Waals surface area contributed by atoms with Gasteiger partial charge in [0.1, 0.15) is 17.8 Å². The number of hydrogen-bond donors (Lipinski definition) is 3. The van der Waals surface area contributed by atoms with Crippen molar-refractivity contribution in [1.29, 1.82) is 0 Å². The average molecular weight is 509 g/mol. The molecule has 0 atom stereocenters. The number of pyridine rings is 1. The fourth-order valence-corrected chi connectivity index (χ4v) is 3.99. The van der Waals surface area contributed by atoms with E-state index in [4.69, 9.17) is 14.5 Å². The van der Waals surface area contributed by atoms with Gasteiger partial charge in [0.15, 0.2) is 0 Å². The van der Waals surface area contributed by atoms with Crippen LogP contribution in [0.1, 0.15) is 73.1 Å². The number of nitrogens with one attached hydrogen (secondary N) is 2. The van der Waals surface area contributed by atoms with Gasteiger partial charge >= 0.3 is 12.1 Å². The fourth-order valence-electron chi connectivity index (χ4n) is 3.99. The molecule has 3 aromatic rings. The van der Waals surface area contributed by atoms with E-state index < -0.39 is 17.7 Å². The highest BCUT2D eigenvalue weighted by atomic mass is 16.6. The number of nitrogens with zero attached hydrogens (tertiary/aromatic N) is 2. The summed E-state index contributed by atoms with van der Waals surface area (Å²) in [6, 6.07) is 8.11. The van der Waals surface area contributed by atoms with Crippen LogP contribution in [0.2, 0.25) is 0 Å². The molecular formula is C28H36N4O5. The number of benzene rings is 1. The minimum atomic E-state index is -1.13. The number of ether oxygens (including phenoxy) is 2. The quantitative estimate of drug-likeness (QED) is 0.344. The summed E-state index contributed by atoms with van der Waals surface area (Å²) in [4.78, 5) is 29.0. The Labute approximate surface area is 217 Å². The molecule has 0 fully saturated rings. The van der Waals surface area contributed by atoms with Crippen molar-refractivity contribution in [3.05, 3.63) is 64.1 Å². The lowest BCUT2D eigenvalue weighted by Gasteiger charge is -2.23. The maximum Gasteiger partial charge on any atom is 0.407 e. The van der Waals surface area contributed by atoms with Gasteiger partial charge in [0.05, 0.1) is 0 Å². The number of H-pyrrole nitrogens is 1. The molecule has 2 heterocycles. The second-order valence-electron chi connectivity index (χ2n) is 10.5. The number of carbonyl (C=O) groups excluding carboxylic acids is 1. The summed E-state index contributed by atoms with van der Waals surface area (Å²) < 4.78 is 11.3. The number of hydrogen-bond acceptors (Lipinski definition) is 6. The molecule has 198 valence electrons. The molecular weight excluding hydrogens is 472 g/mol. The molecule has 1 aromatic carbocycles. The molecule has 0 bridgehead atoms. The highest BCUT2D eigenvalue weighted by Gasteiger charge is 2.23. The predicted octanol–water partition coefficient (Wildman–Crippen LogP) is 5.59. The van der Waals surface area contributed by atoms with Gasteiger partial charge in [0, 0.05) is 35.3 Å². The topological polar surface area (TPSA) is 126 Å². The van der Waals surface area contributed by atoms with Crippen molar-refractivity contribution < 1.29 is 24.2 Å². The highest BCUT2D eigenvalue weighted by molar-refractivity contribution is 5.89. The summed E-state index contributed by atoms with van der Waals surface area (Å²) in [5.74, 6) is -0.796. The van der Waals surface area contributed by atoms with E-state index in [1.54, 1.807) is 0 Å². The van der Waals surface area contributed by atoms with Gasteiger partial charge in [0.25, 0.3) is 0 Å². The van der Waals surface area contributed by atoms with Crippen LogP contribution in [0.3, 0.4) is 0 Å². The number of rotatable bonds is 9. The summed E-state index contributed by atoms with van der Waals surface area (Å²) in [6.07, 6.45) is 1.49. The van der Waals surface area contributed by atoms with Crippen LogP contribution in [0.5, 0.6) is 5.88 Å². The Hall–Kier alpha value is -3.88. The molecule has 0 spiro atoms. The van der Waals surface area contributed by atoms with Crippen LogP contribution >= 0.6 is 0 Å². The molecule has 0 radical (unpaired) electrons. The van der Waals surface area contributed by atoms with Gasteiger partial charge in [-0.3, -0.25) is 10.1 Å². The van der Waals surface area contributed by atoms with E-state index in [-0.39, 0.29) is 24.6 Å². The zero-order chi connectivity index (χ0) is 27.3. The lowest BCUT2D eigenvalue weighted by Crippen LogP contribution is -2.32. The fraction of sp³-hybridized carbons (Fsp3) is 0.429. The number of aromatic amines is 1. The van der Waals surface area contributed by atoms with Crippen LogP contribution in [-0.4, -0.2) is 38.0 Å². The Morgan fingerprint density at radius 2 is 1.78 bits per heavy atom. The normalized spacial score (nSPS) is 11.5. The Morgan fingerprint density at radius 1 is 1.11 bits per heavy atom. The molecule has 0 aliphatic carbocycles. The second-order valence-corrected chi connectivity index (χ2v) is 10.5. The van der Waals surface area contributed by atoms with E-state index in [0.29, 0.717) is 12.3 Å². The minimum Gasteiger partial charge on any atom is -0.477 e. The van der Waals surface area contributed by atoms with E-state index in [9.17, 15) is 14.7 Å². The number of aromatic nitrogens is 3. The summed E-state index contributed by atoms with van der Waals surface area (Å²) in [7, 11) is 0. The monoisotopic (exact) mass is 508 g/mol. The van der Waals surface area contributed by atoms with Gasteiger partial charge in [-0.2, -0.15) is 0 Å². The van der Waals surface area contributed by atoms with E-state index >= 15 is 0 Å². The molecule has 0 aliphatic rings. The Kier molecular flexibility index (Phi) is 8.57. The molecule has 0 unspecified atom stereocenters. The first kappa shape index (κ1) is 27.7. The van der Waals surface area contributed by atoms with Crippen molar-refractivity contribution in [1.82, 2.24) is 20.5 Å². The maximum atomic E-state index is 12.5. The van der Waals surface area contributed by atoms with E-state index in [2.05, 4.69) is 29.4 Å². The molecule has 0 saturated carbocycles.